The topological polar surface area (TPSA) is 154 Å². The highest BCUT2D eigenvalue weighted by Gasteiger charge is 2.47. The first-order valence-electron chi connectivity index (χ1n) is 17.1. The first kappa shape index (κ1) is 37.3. The van der Waals surface area contributed by atoms with Gasteiger partial charge in [0.15, 0.2) is 9.84 Å². The lowest BCUT2D eigenvalue weighted by Gasteiger charge is -2.47. The highest BCUT2D eigenvalue weighted by molar-refractivity contribution is 7.92. The van der Waals surface area contributed by atoms with E-state index in [0.29, 0.717) is 31.4 Å². The molecule has 0 aromatic heterocycles. The summed E-state index contributed by atoms with van der Waals surface area (Å²) < 4.78 is 29.6. The van der Waals surface area contributed by atoms with E-state index in [4.69, 9.17) is 4.74 Å². The summed E-state index contributed by atoms with van der Waals surface area (Å²) in [5.74, 6) is -0.786. The van der Waals surface area contributed by atoms with Gasteiger partial charge >= 0.3 is 0 Å². The van der Waals surface area contributed by atoms with E-state index < -0.39 is 62.1 Å². The fourth-order valence-electron chi connectivity index (χ4n) is 7.18. The molecule has 264 valence electrons. The molecule has 7 unspecified atom stereocenters. The molecule has 3 fully saturated rings. The smallest absolute Gasteiger partial charge is 0.244 e. The van der Waals surface area contributed by atoms with Crippen molar-refractivity contribution in [2.75, 3.05) is 32.6 Å². The fraction of sp³-hybridized carbons (Fsp3) is 0.743. The minimum atomic E-state index is -3.82. The predicted molar refractivity (Wildman–Crippen MR) is 181 cm³/mol. The van der Waals surface area contributed by atoms with E-state index in [1.807, 2.05) is 51.1 Å². The van der Waals surface area contributed by atoms with Crippen LogP contribution in [0.3, 0.4) is 0 Å². The van der Waals surface area contributed by atoms with Gasteiger partial charge < -0.3 is 25.8 Å². The molecule has 1 aromatic rings. The number of aliphatic hydroxyl groups is 1. The zero-order valence-electron chi connectivity index (χ0n) is 29.0. The lowest BCUT2D eigenvalue weighted by molar-refractivity contribution is -0.134. The molecular weight excluding hydrogens is 620 g/mol. The number of ether oxygens (including phenoxy) is 1. The normalized spacial score (nSPS) is 26.0. The second kappa shape index (κ2) is 15.3. The van der Waals surface area contributed by atoms with Gasteiger partial charge in [0.25, 0.3) is 0 Å². The number of sulfone groups is 1. The van der Waals surface area contributed by atoms with Crippen LogP contribution in [0, 0.1) is 17.8 Å². The van der Waals surface area contributed by atoms with Crippen LogP contribution < -0.4 is 16.0 Å². The van der Waals surface area contributed by atoms with Crippen molar-refractivity contribution < 1.29 is 32.6 Å². The Balaban J connectivity index is 1.60. The summed E-state index contributed by atoms with van der Waals surface area (Å²) >= 11 is 0. The zero-order valence-corrected chi connectivity index (χ0v) is 29.8. The number of β-amino-alcohol motifs (C(OH)–C–C–N with tert-alkyl or cyclic N) is 1. The van der Waals surface area contributed by atoms with E-state index in [-0.39, 0.29) is 25.5 Å². The van der Waals surface area contributed by atoms with Gasteiger partial charge in [-0.05, 0) is 77.7 Å². The number of likely N-dealkylation sites (tertiary alicyclic amines) is 1. The SMILES string of the molecule is CC(C)(C)NC(=O)C1CC2CCCCC2CN1CC(O)C(Cc1ccccc1)NC(=O)C(NC(=O)C1CCOC1)C(C)(C)S(C)(=O)=O. The molecule has 7 atom stereocenters. The maximum absolute atomic E-state index is 14.1. The van der Waals surface area contributed by atoms with E-state index in [1.54, 1.807) is 0 Å². The van der Waals surface area contributed by atoms with E-state index in [2.05, 4.69) is 20.9 Å². The van der Waals surface area contributed by atoms with Gasteiger partial charge in [-0.25, -0.2) is 8.42 Å². The number of carbonyl (C=O) groups excluding carboxylic acids is 3. The lowest BCUT2D eigenvalue weighted by atomic mass is 9.72. The molecule has 1 saturated carbocycles. The van der Waals surface area contributed by atoms with Crippen molar-refractivity contribution in [3.8, 4) is 0 Å². The van der Waals surface area contributed by atoms with Crippen LogP contribution in [0.15, 0.2) is 30.3 Å². The standard InChI is InChI=1S/C35H56N4O7S/c1-34(2,3)38-32(42)28-19-24-14-10-11-15-25(24)20-39(28)21-29(40)27(18-23-12-8-7-9-13-23)36-33(43)30(35(4,5)47(6,44)45)37-31(41)26-16-17-46-22-26/h7-9,12-13,24-30,40H,10-11,14-22H2,1-6H3,(H,36,43)(H,37,41)(H,38,42). The van der Waals surface area contributed by atoms with Gasteiger partial charge in [0.1, 0.15) is 6.04 Å². The molecule has 2 saturated heterocycles. The fourth-order valence-corrected chi connectivity index (χ4v) is 7.78. The Labute approximate surface area is 280 Å². The molecular formula is C35H56N4O7S. The Bertz CT molecular complexity index is 1340. The molecule has 1 aliphatic carbocycles. The van der Waals surface area contributed by atoms with E-state index in [9.17, 15) is 27.9 Å². The maximum Gasteiger partial charge on any atom is 0.244 e. The highest BCUT2D eigenvalue weighted by atomic mass is 32.2. The van der Waals surface area contributed by atoms with E-state index in [1.165, 1.54) is 13.8 Å². The van der Waals surface area contributed by atoms with Crippen LogP contribution in [-0.4, -0.2) is 103 Å². The van der Waals surface area contributed by atoms with Crippen LogP contribution in [0.1, 0.15) is 78.7 Å². The molecule has 4 rings (SSSR count). The number of amides is 3. The highest BCUT2D eigenvalue weighted by Crippen LogP contribution is 2.39. The number of rotatable bonds is 12. The van der Waals surface area contributed by atoms with Crippen molar-refractivity contribution in [3.05, 3.63) is 35.9 Å². The van der Waals surface area contributed by atoms with Crippen LogP contribution in [0.25, 0.3) is 0 Å². The van der Waals surface area contributed by atoms with Gasteiger partial charge in [-0.15, -0.1) is 0 Å². The van der Waals surface area contributed by atoms with Crippen molar-refractivity contribution in [1.82, 2.24) is 20.9 Å². The molecule has 12 heteroatoms. The molecule has 2 heterocycles. The molecule has 2 aliphatic heterocycles. The first-order chi connectivity index (χ1) is 22.0. The van der Waals surface area contributed by atoms with Crippen LogP contribution in [0.4, 0.5) is 0 Å². The number of hydrogen-bond acceptors (Lipinski definition) is 8. The third kappa shape index (κ3) is 9.77. The number of benzene rings is 1. The van der Waals surface area contributed by atoms with Gasteiger partial charge in [-0.1, -0.05) is 49.6 Å². The molecule has 0 radical (unpaired) electrons. The van der Waals surface area contributed by atoms with Gasteiger partial charge in [0.2, 0.25) is 17.7 Å². The molecule has 47 heavy (non-hydrogen) atoms. The average Bonchev–Trinajstić information content (AvgIpc) is 3.53. The van der Waals surface area contributed by atoms with Crippen LogP contribution in [0.5, 0.6) is 0 Å². The van der Waals surface area contributed by atoms with Crippen molar-refractivity contribution in [3.63, 3.8) is 0 Å². The molecule has 0 spiro atoms. The molecule has 11 nitrogen and oxygen atoms in total. The average molecular weight is 677 g/mol. The van der Waals surface area contributed by atoms with E-state index in [0.717, 1.165) is 43.9 Å². The first-order valence-corrected chi connectivity index (χ1v) is 19.0. The number of carbonyl (C=O) groups is 3. The summed E-state index contributed by atoms with van der Waals surface area (Å²) in [5.41, 5.74) is 0.460. The minimum absolute atomic E-state index is 0.0639. The van der Waals surface area contributed by atoms with Crippen LogP contribution in [-0.2, 0) is 35.4 Å². The van der Waals surface area contributed by atoms with Crippen molar-refractivity contribution in [1.29, 1.82) is 0 Å². The summed E-state index contributed by atoms with van der Waals surface area (Å²) in [4.78, 5) is 42.9. The summed E-state index contributed by atoms with van der Waals surface area (Å²) in [6, 6.07) is 6.78. The lowest BCUT2D eigenvalue weighted by Crippen LogP contribution is -2.64. The number of nitrogens with one attached hydrogen (secondary N) is 3. The monoisotopic (exact) mass is 676 g/mol. The Morgan fingerprint density at radius 2 is 1.64 bits per heavy atom. The molecule has 3 aliphatic rings. The number of hydrogen-bond donors (Lipinski definition) is 4. The zero-order chi connectivity index (χ0) is 34.6. The maximum atomic E-state index is 14.1. The Morgan fingerprint density at radius 1 is 0.979 bits per heavy atom. The molecule has 0 bridgehead atoms. The Morgan fingerprint density at radius 3 is 2.23 bits per heavy atom. The van der Waals surface area contributed by atoms with Crippen molar-refractivity contribution in [2.24, 2.45) is 17.8 Å². The largest absolute Gasteiger partial charge is 0.390 e. The predicted octanol–water partition coefficient (Wildman–Crippen LogP) is 2.21. The second-order valence-electron chi connectivity index (χ2n) is 15.5. The van der Waals surface area contributed by atoms with Gasteiger partial charge in [0, 0.05) is 31.5 Å². The quantitative estimate of drug-likeness (QED) is 0.263. The number of nitrogens with zero attached hydrogens (tertiary/aromatic N) is 1. The summed E-state index contributed by atoms with van der Waals surface area (Å²) in [5, 5.41) is 20.7. The Hall–Kier alpha value is -2.54. The number of fused-ring (bicyclic) bond motifs is 1. The number of piperidine rings is 1. The second-order valence-corrected chi connectivity index (χ2v) is 18.1. The van der Waals surface area contributed by atoms with Gasteiger partial charge in [0.05, 0.1) is 35.5 Å². The summed E-state index contributed by atoms with van der Waals surface area (Å²) in [6.45, 7) is 10.2. The van der Waals surface area contributed by atoms with Crippen LogP contribution >= 0.6 is 0 Å². The molecule has 1 aromatic carbocycles. The van der Waals surface area contributed by atoms with Gasteiger partial charge in [-0.3, -0.25) is 19.3 Å². The summed E-state index contributed by atoms with van der Waals surface area (Å²) in [6.07, 6.45) is 5.93. The third-order valence-corrected chi connectivity index (χ3v) is 12.5. The molecule has 3 amide bonds. The minimum Gasteiger partial charge on any atom is -0.390 e. The number of aliphatic hydroxyl groups excluding tert-OH is 1. The van der Waals surface area contributed by atoms with Crippen molar-refractivity contribution in [2.45, 2.75) is 114 Å². The van der Waals surface area contributed by atoms with Gasteiger partial charge in [-0.2, -0.15) is 0 Å². The molecule has 4 N–H and O–H groups in total. The third-order valence-electron chi connectivity index (χ3n) is 10.3. The van der Waals surface area contributed by atoms with Crippen molar-refractivity contribution >= 4 is 27.6 Å². The summed E-state index contributed by atoms with van der Waals surface area (Å²) in [7, 11) is -3.82. The van der Waals surface area contributed by atoms with E-state index >= 15 is 0 Å². The Kier molecular flexibility index (Phi) is 12.2. The van der Waals surface area contributed by atoms with Crippen LogP contribution in [0.2, 0.25) is 0 Å².